The van der Waals surface area contributed by atoms with Crippen molar-refractivity contribution in [1.29, 1.82) is 0 Å². The van der Waals surface area contributed by atoms with Crippen molar-refractivity contribution in [2.24, 2.45) is 5.92 Å². The molecule has 116 valence electrons. The molecular weight excluding hydrogens is 298 g/mol. The van der Waals surface area contributed by atoms with Gasteiger partial charge in [-0.2, -0.15) is 0 Å². The van der Waals surface area contributed by atoms with Crippen LogP contribution in [0.5, 0.6) is 0 Å². The number of pyridine rings is 1. The number of amides is 1. The van der Waals surface area contributed by atoms with Crippen LogP contribution in [0.15, 0.2) is 27.8 Å². The van der Waals surface area contributed by atoms with Gasteiger partial charge in [0.05, 0.1) is 0 Å². The first kappa shape index (κ1) is 14.1. The summed E-state index contributed by atoms with van der Waals surface area (Å²) in [6.07, 6.45) is 6.05. The van der Waals surface area contributed by atoms with Crippen LogP contribution in [0.4, 0.5) is 0 Å². The molecule has 6 heteroatoms. The number of nitrogens with one attached hydrogen (secondary N) is 1. The highest BCUT2D eigenvalue weighted by Gasteiger charge is 2.35. The average molecular weight is 317 g/mol. The molecule has 1 atom stereocenters. The standard InChI is InChI=1S/C16H19N3O2S/c1-22-15-6-11-8-17-12(7-14(11)21-15)16(20)18-13-9-19-4-2-10(13)3-5-19/h6-8,10,13H,2-5,9H2,1H3,(H,18,20)/t13-/m0/s1. The summed E-state index contributed by atoms with van der Waals surface area (Å²) in [5.41, 5.74) is 1.16. The Kier molecular flexibility index (Phi) is 3.58. The second kappa shape index (κ2) is 5.59. The Morgan fingerprint density at radius 1 is 1.41 bits per heavy atom. The van der Waals surface area contributed by atoms with E-state index in [4.69, 9.17) is 4.42 Å². The van der Waals surface area contributed by atoms with Crippen LogP contribution < -0.4 is 5.32 Å². The number of carbonyl (C=O) groups excluding carboxylic acids is 1. The fourth-order valence-electron chi connectivity index (χ4n) is 3.50. The second-order valence-corrected chi connectivity index (χ2v) is 6.91. The van der Waals surface area contributed by atoms with Crippen molar-refractivity contribution in [3.63, 3.8) is 0 Å². The summed E-state index contributed by atoms with van der Waals surface area (Å²) >= 11 is 1.54. The topological polar surface area (TPSA) is 58.4 Å². The summed E-state index contributed by atoms with van der Waals surface area (Å²) in [6.45, 7) is 3.31. The Morgan fingerprint density at radius 3 is 2.91 bits per heavy atom. The number of fused-ring (bicyclic) bond motifs is 4. The Bertz CT molecular complexity index is 706. The molecule has 0 aromatic carbocycles. The van der Waals surface area contributed by atoms with Gasteiger partial charge >= 0.3 is 0 Å². The van der Waals surface area contributed by atoms with E-state index < -0.39 is 0 Å². The lowest BCUT2D eigenvalue weighted by Gasteiger charge is -2.44. The van der Waals surface area contributed by atoms with Gasteiger partial charge in [0.15, 0.2) is 5.09 Å². The molecule has 3 aliphatic rings. The van der Waals surface area contributed by atoms with Crippen LogP contribution in [0, 0.1) is 5.92 Å². The monoisotopic (exact) mass is 317 g/mol. The van der Waals surface area contributed by atoms with E-state index in [0.717, 1.165) is 22.6 Å². The molecule has 5 nitrogen and oxygen atoms in total. The molecule has 0 saturated carbocycles. The third kappa shape index (κ3) is 2.50. The van der Waals surface area contributed by atoms with E-state index in [1.54, 1.807) is 24.0 Å². The predicted molar refractivity (Wildman–Crippen MR) is 86.2 cm³/mol. The number of thioether (sulfide) groups is 1. The summed E-state index contributed by atoms with van der Waals surface area (Å²) in [5.74, 6) is 0.520. The Hall–Kier alpha value is -1.53. The van der Waals surface area contributed by atoms with E-state index in [0.29, 0.717) is 11.6 Å². The lowest BCUT2D eigenvalue weighted by atomic mass is 9.84. The van der Waals surface area contributed by atoms with Gasteiger partial charge in [0, 0.05) is 36.3 Å². The van der Waals surface area contributed by atoms with Gasteiger partial charge in [-0.05, 0) is 38.1 Å². The highest BCUT2D eigenvalue weighted by atomic mass is 32.2. The number of furan rings is 1. The highest BCUT2D eigenvalue weighted by Crippen LogP contribution is 2.28. The summed E-state index contributed by atoms with van der Waals surface area (Å²) in [5, 5.41) is 4.94. The number of carbonyl (C=O) groups is 1. The van der Waals surface area contributed by atoms with Gasteiger partial charge in [-0.15, -0.1) is 0 Å². The Labute approximate surface area is 133 Å². The first-order chi connectivity index (χ1) is 10.7. The van der Waals surface area contributed by atoms with E-state index in [-0.39, 0.29) is 11.9 Å². The summed E-state index contributed by atoms with van der Waals surface area (Å²) in [6, 6.07) is 3.94. The molecule has 2 aromatic rings. The fraction of sp³-hybridized carbons (Fsp3) is 0.500. The van der Waals surface area contributed by atoms with Crippen LogP contribution in [-0.2, 0) is 0 Å². The predicted octanol–water partition coefficient (Wildman–Crippen LogP) is 2.37. The van der Waals surface area contributed by atoms with Crippen LogP contribution in [0.2, 0.25) is 0 Å². The van der Waals surface area contributed by atoms with Gasteiger partial charge in [0.1, 0.15) is 11.3 Å². The zero-order valence-electron chi connectivity index (χ0n) is 12.5. The Morgan fingerprint density at radius 2 is 2.23 bits per heavy atom. The zero-order valence-corrected chi connectivity index (χ0v) is 13.4. The van der Waals surface area contributed by atoms with Crippen LogP contribution in [-0.4, -0.2) is 47.7 Å². The van der Waals surface area contributed by atoms with E-state index in [9.17, 15) is 4.79 Å². The minimum atomic E-state index is -0.0947. The number of hydrogen-bond donors (Lipinski definition) is 1. The van der Waals surface area contributed by atoms with Gasteiger partial charge in [-0.1, -0.05) is 11.8 Å². The SMILES string of the molecule is CSc1cc2cnc(C(=O)N[C@H]3CN4CCC3CC4)cc2o1. The maximum absolute atomic E-state index is 12.5. The van der Waals surface area contributed by atoms with Crippen molar-refractivity contribution >= 4 is 28.6 Å². The Balaban J connectivity index is 1.52. The van der Waals surface area contributed by atoms with Crippen LogP contribution in [0.3, 0.4) is 0 Å². The number of rotatable bonds is 3. The third-order valence-electron chi connectivity index (χ3n) is 4.79. The van der Waals surface area contributed by atoms with Crippen LogP contribution in [0.25, 0.3) is 11.0 Å². The first-order valence-corrected chi connectivity index (χ1v) is 8.92. The van der Waals surface area contributed by atoms with Crippen molar-refractivity contribution in [1.82, 2.24) is 15.2 Å². The van der Waals surface area contributed by atoms with Crippen molar-refractivity contribution in [2.45, 2.75) is 24.0 Å². The highest BCUT2D eigenvalue weighted by molar-refractivity contribution is 7.98. The zero-order chi connectivity index (χ0) is 15.1. The molecule has 0 radical (unpaired) electrons. The molecule has 0 spiro atoms. The minimum absolute atomic E-state index is 0.0947. The lowest BCUT2D eigenvalue weighted by Crippen LogP contribution is -2.57. The molecule has 3 fully saturated rings. The molecule has 3 aliphatic heterocycles. The molecule has 1 N–H and O–H groups in total. The quantitative estimate of drug-likeness (QED) is 0.881. The maximum atomic E-state index is 12.5. The largest absolute Gasteiger partial charge is 0.450 e. The van der Waals surface area contributed by atoms with E-state index in [2.05, 4.69) is 15.2 Å². The normalized spacial score (nSPS) is 27.2. The van der Waals surface area contributed by atoms with Gasteiger partial charge in [-0.3, -0.25) is 9.78 Å². The van der Waals surface area contributed by atoms with Crippen LogP contribution >= 0.6 is 11.8 Å². The smallest absolute Gasteiger partial charge is 0.270 e. The molecule has 0 aliphatic carbocycles. The number of aromatic nitrogens is 1. The van der Waals surface area contributed by atoms with Crippen molar-refractivity contribution in [3.05, 3.63) is 24.0 Å². The molecule has 5 heterocycles. The molecular formula is C16H19N3O2S. The van der Waals surface area contributed by atoms with Gasteiger partial charge in [-0.25, -0.2) is 0 Å². The maximum Gasteiger partial charge on any atom is 0.270 e. The fourth-order valence-corrected chi connectivity index (χ4v) is 3.92. The molecule has 0 unspecified atom stereocenters. The van der Waals surface area contributed by atoms with Crippen molar-refractivity contribution < 1.29 is 9.21 Å². The van der Waals surface area contributed by atoms with Gasteiger partial charge in [0.2, 0.25) is 0 Å². The second-order valence-electron chi connectivity index (χ2n) is 6.09. The number of hydrogen-bond acceptors (Lipinski definition) is 5. The summed E-state index contributed by atoms with van der Waals surface area (Å²) < 4.78 is 5.68. The van der Waals surface area contributed by atoms with E-state index in [1.807, 2.05) is 12.3 Å². The van der Waals surface area contributed by atoms with E-state index in [1.165, 1.54) is 25.9 Å². The van der Waals surface area contributed by atoms with Gasteiger partial charge < -0.3 is 14.6 Å². The third-order valence-corrected chi connectivity index (χ3v) is 5.39. The summed E-state index contributed by atoms with van der Waals surface area (Å²) in [7, 11) is 0. The molecule has 3 saturated heterocycles. The molecule has 5 rings (SSSR count). The van der Waals surface area contributed by atoms with E-state index >= 15 is 0 Å². The lowest BCUT2D eigenvalue weighted by molar-refractivity contribution is 0.0618. The first-order valence-electron chi connectivity index (χ1n) is 7.70. The molecule has 22 heavy (non-hydrogen) atoms. The molecule has 2 aromatic heterocycles. The van der Waals surface area contributed by atoms with Crippen LogP contribution in [0.1, 0.15) is 23.3 Å². The minimum Gasteiger partial charge on any atom is -0.450 e. The average Bonchev–Trinajstić information content (AvgIpc) is 2.98. The van der Waals surface area contributed by atoms with Crippen molar-refractivity contribution in [2.75, 3.05) is 25.9 Å². The van der Waals surface area contributed by atoms with Gasteiger partial charge in [0.25, 0.3) is 5.91 Å². The number of nitrogens with zero attached hydrogens (tertiary/aromatic N) is 2. The van der Waals surface area contributed by atoms with Crippen molar-refractivity contribution in [3.8, 4) is 0 Å². The molecule has 2 bridgehead atoms. The molecule has 1 amide bonds. The number of piperidine rings is 3. The summed E-state index contributed by atoms with van der Waals surface area (Å²) in [4.78, 5) is 19.2.